The largest absolute Gasteiger partial charge is 0.493 e. The van der Waals surface area contributed by atoms with Crippen LogP contribution in [0.4, 0.5) is 0 Å². The van der Waals surface area contributed by atoms with E-state index in [4.69, 9.17) is 9.47 Å². The second kappa shape index (κ2) is 6.21. The van der Waals surface area contributed by atoms with E-state index in [1.54, 1.807) is 6.92 Å². The number of hydrogen-bond donors (Lipinski definition) is 1. The average Bonchev–Trinajstić information content (AvgIpc) is 2.82. The van der Waals surface area contributed by atoms with Crippen molar-refractivity contribution in [3.63, 3.8) is 0 Å². The Hall–Kier alpha value is -1.06. The summed E-state index contributed by atoms with van der Waals surface area (Å²) in [4.78, 5) is 0. The summed E-state index contributed by atoms with van der Waals surface area (Å²) in [6, 6.07) is 5.91. The van der Waals surface area contributed by atoms with Crippen molar-refractivity contribution in [2.75, 3.05) is 13.2 Å². The van der Waals surface area contributed by atoms with Gasteiger partial charge in [0, 0.05) is 18.6 Å². The first kappa shape index (κ1) is 13.4. The highest BCUT2D eigenvalue weighted by Gasteiger charge is 2.16. The highest BCUT2D eigenvalue weighted by molar-refractivity contribution is 5.38. The van der Waals surface area contributed by atoms with Crippen LogP contribution in [0, 0.1) is 6.92 Å². The molecule has 1 aromatic carbocycles. The third-order valence-electron chi connectivity index (χ3n) is 3.34. The van der Waals surface area contributed by atoms with E-state index in [2.05, 4.69) is 0 Å². The number of ether oxygens (including phenoxy) is 2. The molecule has 1 aromatic rings. The van der Waals surface area contributed by atoms with Crippen LogP contribution in [0.15, 0.2) is 18.2 Å². The molecule has 1 N–H and O–H groups in total. The number of rotatable bonds is 5. The van der Waals surface area contributed by atoms with E-state index in [9.17, 15) is 5.11 Å². The van der Waals surface area contributed by atoms with Crippen molar-refractivity contribution in [1.82, 2.24) is 0 Å². The van der Waals surface area contributed by atoms with Crippen molar-refractivity contribution in [2.24, 2.45) is 0 Å². The lowest BCUT2D eigenvalue weighted by Crippen LogP contribution is -2.11. The highest BCUT2D eigenvalue weighted by Crippen LogP contribution is 2.26. The van der Waals surface area contributed by atoms with Crippen molar-refractivity contribution in [3.8, 4) is 5.75 Å². The molecule has 1 saturated heterocycles. The number of aliphatic hydroxyl groups is 1. The maximum absolute atomic E-state index is 9.70. The first-order valence-electron chi connectivity index (χ1n) is 6.70. The van der Waals surface area contributed by atoms with Crippen molar-refractivity contribution in [3.05, 3.63) is 29.3 Å². The van der Waals surface area contributed by atoms with Crippen LogP contribution in [0.2, 0.25) is 0 Å². The topological polar surface area (TPSA) is 38.7 Å². The molecule has 1 unspecified atom stereocenters. The van der Waals surface area contributed by atoms with Crippen LogP contribution in [-0.4, -0.2) is 24.4 Å². The van der Waals surface area contributed by atoms with Crippen LogP contribution in [0.3, 0.4) is 0 Å². The molecule has 0 saturated carbocycles. The second-order valence-electron chi connectivity index (χ2n) is 4.99. The van der Waals surface area contributed by atoms with Crippen LogP contribution in [0.1, 0.15) is 43.4 Å². The van der Waals surface area contributed by atoms with Gasteiger partial charge in [-0.3, -0.25) is 0 Å². The van der Waals surface area contributed by atoms with E-state index in [1.807, 2.05) is 25.1 Å². The predicted octanol–water partition coefficient (Wildman–Crippen LogP) is 3.00. The summed E-state index contributed by atoms with van der Waals surface area (Å²) in [5, 5.41) is 9.70. The molecule has 100 valence electrons. The Balaban J connectivity index is 1.92. The summed E-state index contributed by atoms with van der Waals surface area (Å²) >= 11 is 0. The molecule has 2 rings (SSSR count). The summed E-state index contributed by atoms with van der Waals surface area (Å²) in [5.41, 5.74) is 2.00. The standard InChI is InChI=1S/C15H22O3/c1-11-5-6-14(12(2)16)15(10-11)18-9-7-13-4-3-8-17-13/h5-6,10,12-13,16H,3-4,7-9H2,1-2H3/t12-,13?/m1/s1. The third-order valence-corrected chi connectivity index (χ3v) is 3.34. The van der Waals surface area contributed by atoms with E-state index in [1.165, 1.54) is 0 Å². The molecule has 0 aromatic heterocycles. The second-order valence-corrected chi connectivity index (χ2v) is 4.99. The molecule has 1 heterocycles. The Kier molecular flexibility index (Phi) is 4.61. The van der Waals surface area contributed by atoms with E-state index in [0.29, 0.717) is 12.7 Å². The summed E-state index contributed by atoms with van der Waals surface area (Å²) < 4.78 is 11.4. The molecule has 0 bridgehead atoms. The molecule has 1 aliphatic rings. The molecule has 0 amide bonds. The van der Waals surface area contributed by atoms with Gasteiger partial charge in [-0.05, 0) is 38.3 Å². The van der Waals surface area contributed by atoms with Gasteiger partial charge in [-0.1, -0.05) is 12.1 Å². The SMILES string of the molecule is Cc1ccc([C@@H](C)O)c(OCCC2CCCO2)c1. The first-order valence-corrected chi connectivity index (χ1v) is 6.70. The quantitative estimate of drug-likeness (QED) is 0.873. The number of aryl methyl sites for hydroxylation is 1. The van der Waals surface area contributed by atoms with Gasteiger partial charge < -0.3 is 14.6 Å². The number of aliphatic hydroxyl groups excluding tert-OH is 1. The zero-order valence-corrected chi connectivity index (χ0v) is 11.2. The third kappa shape index (κ3) is 3.47. The molecule has 1 fully saturated rings. The van der Waals surface area contributed by atoms with Gasteiger partial charge in [0.2, 0.25) is 0 Å². The molecule has 1 aliphatic heterocycles. The Morgan fingerprint density at radius 3 is 3.00 bits per heavy atom. The minimum Gasteiger partial charge on any atom is -0.493 e. The molecule has 0 radical (unpaired) electrons. The van der Waals surface area contributed by atoms with Crippen LogP contribution in [0.5, 0.6) is 5.75 Å². The fourth-order valence-corrected chi connectivity index (χ4v) is 2.28. The maximum Gasteiger partial charge on any atom is 0.125 e. The van der Waals surface area contributed by atoms with Crippen molar-refractivity contribution in [1.29, 1.82) is 0 Å². The van der Waals surface area contributed by atoms with Crippen LogP contribution >= 0.6 is 0 Å². The molecule has 0 spiro atoms. The van der Waals surface area contributed by atoms with E-state index in [0.717, 1.165) is 42.7 Å². The Bertz CT molecular complexity index is 381. The lowest BCUT2D eigenvalue weighted by molar-refractivity contribution is 0.0896. The van der Waals surface area contributed by atoms with Gasteiger partial charge in [-0.15, -0.1) is 0 Å². The summed E-state index contributed by atoms with van der Waals surface area (Å²) in [7, 11) is 0. The van der Waals surface area contributed by atoms with Gasteiger partial charge in [0.25, 0.3) is 0 Å². The number of benzene rings is 1. The van der Waals surface area contributed by atoms with Crippen LogP contribution in [0.25, 0.3) is 0 Å². The molecule has 2 atom stereocenters. The van der Waals surface area contributed by atoms with Crippen LogP contribution < -0.4 is 4.74 Å². The molecule has 18 heavy (non-hydrogen) atoms. The van der Waals surface area contributed by atoms with Crippen molar-refractivity contribution >= 4 is 0 Å². The van der Waals surface area contributed by atoms with E-state index >= 15 is 0 Å². The Labute approximate surface area is 109 Å². The first-order chi connectivity index (χ1) is 8.66. The molecule has 0 aliphatic carbocycles. The smallest absolute Gasteiger partial charge is 0.125 e. The minimum absolute atomic E-state index is 0.352. The van der Waals surface area contributed by atoms with Gasteiger partial charge >= 0.3 is 0 Å². The fourth-order valence-electron chi connectivity index (χ4n) is 2.28. The Morgan fingerprint density at radius 2 is 2.33 bits per heavy atom. The van der Waals surface area contributed by atoms with Gasteiger partial charge in [-0.25, -0.2) is 0 Å². The normalized spacial score (nSPS) is 20.9. The number of hydrogen-bond acceptors (Lipinski definition) is 3. The van der Waals surface area contributed by atoms with Crippen molar-refractivity contribution in [2.45, 2.75) is 45.3 Å². The lowest BCUT2D eigenvalue weighted by atomic mass is 10.1. The van der Waals surface area contributed by atoms with Gasteiger partial charge in [0.05, 0.1) is 18.8 Å². The lowest BCUT2D eigenvalue weighted by Gasteiger charge is -2.15. The monoisotopic (exact) mass is 250 g/mol. The van der Waals surface area contributed by atoms with Gasteiger partial charge in [0.1, 0.15) is 5.75 Å². The average molecular weight is 250 g/mol. The minimum atomic E-state index is -0.497. The summed E-state index contributed by atoms with van der Waals surface area (Å²) in [6.07, 6.45) is 3.08. The van der Waals surface area contributed by atoms with Gasteiger partial charge in [0.15, 0.2) is 0 Å². The fraction of sp³-hybridized carbons (Fsp3) is 0.600. The highest BCUT2D eigenvalue weighted by atomic mass is 16.5. The van der Waals surface area contributed by atoms with E-state index in [-0.39, 0.29) is 0 Å². The molecular formula is C15H22O3. The zero-order chi connectivity index (χ0) is 13.0. The molecular weight excluding hydrogens is 228 g/mol. The summed E-state index contributed by atoms with van der Waals surface area (Å²) in [5.74, 6) is 0.794. The maximum atomic E-state index is 9.70. The van der Waals surface area contributed by atoms with Crippen molar-refractivity contribution < 1.29 is 14.6 Å². The Morgan fingerprint density at radius 1 is 1.50 bits per heavy atom. The zero-order valence-electron chi connectivity index (χ0n) is 11.2. The molecule has 3 nitrogen and oxygen atoms in total. The van der Waals surface area contributed by atoms with E-state index < -0.39 is 6.10 Å². The summed E-state index contributed by atoms with van der Waals surface area (Å²) in [6.45, 7) is 5.32. The van der Waals surface area contributed by atoms with Crippen LogP contribution in [-0.2, 0) is 4.74 Å². The van der Waals surface area contributed by atoms with Gasteiger partial charge in [-0.2, -0.15) is 0 Å². The predicted molar refractivity (Wildman–Crippen MR) is 70.9 cm³/mol. The molecule has 3 heteroatoms.